The average Bonchev–Trinajstić information content (AvgIpc) is 2.92. The minimum Gasteiger partial charge on any atom is -0.311 e. The van der Waals surface area contributed by atoms with Gasteiger partial charge in [0.25, 0.3) is 0 Å². The lowest BCUT2D eigenvalue weighted by molar-refractivity contribution is 0.298. The van der Waals surface area contributed by atoms with E-state index in [2.05, 4.69) is 16.4 Å². The molecular formula is C14H17N3S. The standard InChI is InChI=1S/C14H17N3S/c1-2-12-14(15-5-1)18-13(17-12)8-9-6-10-3-4-11(7-9)16-10/h1-2,5,9-11,16H,3-4,6-8H2. The number of nitrogens with one attached hydrogen (secondary N) is 1. The van der Waals surface area contributed by atoms with Gasteiger partial charge in [-0.3, -0.25) is 0 Å². The molecule has 0 spiro atoms. The SMILES string of the molecule is c1cnc2sc(CC3CC4CCC(C3)N4)nc2c1. The molecule has 2 aromatic heterocycles. The molecular weight excluding hydrogens is 242 g/mol. The molecule has 4 heteroatoms. The van der Waals surface area contributed by atoms with E-state index in [9.17, 15) is 0 Å². The van der Waals surface area contributed by atoms with Crippen LogP contribution in [0.2, 0.25) is 0 Å². The first kappa shape index (κ1) is 10.9. The summed E-state index contributed by atoms with van der Waals surface area (Å²) in [7, 11) is 0. The number of rotatable bonds is 2. The topological polar surface area (TPSA) is 37.8 Å². The number of piperidine rings is 1. The number of thiazole rings is 1. The van der Waals surface area contributed by atoms with Crippen LogP contribution in [-0.2, 0) is 6.42 Å². The summed E-state index contributed by atoms with van der Waals surface area (Å²) in [6, 6.07) is 5.59. The van der Waals surface area contributed by atoms with Gasteiger partial charge in [-0.2, -0.15) is 0 Å². The first-order valence-electron chi connectivity index (χ1n) is 6.83. The van der Waals surface area contributed by atoms with Crippen LogP contribution in [0.4, 0.5) is 0 Å². The zero-order chi connectivity index (χ0) is 11.9. The molecule has 1 N–H and O–H groups in total. The third kappa shape index (κ3) is 1.93. The lowest BCUT2D eigenvalue weighted by Gasteiger charge is -2.28. The first-order chi connectivity index (χ1) is 8.87. The van der Waals surface area contributed by atoms with Crippen LogP contribution in [0.15, 0.2) is 18.3 Å². The molecule has 2 unspecified atom stereocenters. The lowest BCUT2D eigenvalue weighted by atomic mass is 9.90. The lowest BCUT2D eigenvalue weighted by Crippen LogP contribution is -2.38. The van der Waals surface area contributed by atoms with E-state index in [1.54, 1.807) is 11.3 Å². The minimum absolute atomic E-state index is 0.779. The summed E-state index contributed by atoms with van der Waals surface area (Å²) in [6.07, 6.45) is 8.43. The highest BCUT2D eigenvalue weighted by molar-refractivity contribution is 7.18. The summed E-state index contributed by atoms with van der Waals surface area (Å²) in [5.74, 6) is 0.823. The molecule has 3 nitrogen and oxygen atoms in total. The minimum atomic E-state index is 0.779. The molecule has 2 aliphatic rings. The fraction of sp³-hybridized carbons (Fsp3) is 0.571. The van der Waals surface area contributed by atoms with Gasteiger partial charge < -0.3 is 5.32 Å². The molecule has 4 rings (SSSR count). The van der Waals surface area contributed by atoms with Crippen molar-refractivity contribution in [2.45, 2.75) is 44.2 Å². The van der Waals surface area contributed by atoms with E-state index in [-0.39, 0.29) is 0 Å². The normalized spacial score (nSPS) is 31.0. The van der Waals surface area contributed by atoms with E-state index >= 15 is 0 Å². The van der Waals surface area contributed by atoms with Gasteiger partial charge in [-0.25, -0.2) is 9.97 Å². The van der Waals surface area contributed by atoms with Crippen molar-refractivity contribution in [2.75, 3.05) is 0 Å². The number of hydrogen-bond donors (Lipinski definition) is 1. The summed E-state index contributed by atoms with van der Waals surface area (Å²) in [4.78, 5) is 10.2. The Bertz CT molecular complexity index is 520. The van der Waals surface area contributed by atoms with E-state index < -0.39 is 0 Å². The Labute approximate surface area is 111 Å². The molecule has 0 aromatic carbocycles. The number of aromatic nitrogens is 2. The van der Waals surface area contributed by atoms with Gasteiger partial charge in [0.15, 0.2) is 0 Å². The summed E-state index contributed by atoms with van der Waals surface area (Å²) < 4.78 is 0. The van der Waals surface area contributed by atoms with Gasteiger partial charge in [0.05, 0.1) is 5.01 Å². The highest BCUT2D eigenvalue weighted by atomic mass is 32.1. The first-order valence-corrected chi connectivity index (χ1v) is 7.65. The predicted molar refractivity (Wildman–Crippen MR) is 73.8 cm³/mol. The molecule has 0 aliphatic carbocycles. The van der Waals surface area contributed by atoms with E-state index in [0.717, 1.165) is 34.8 Å². The molecule has 2 bridgehead atoms. The highest BCUT2D eigenvalue weighted by Gasteiger charge is 2.33. The largest absolute Gasteiger partial charge is 0.311 e. The maximum absolute atomic E-state index is 4.71. The van der Waals surface area contributed by atoms with Gasteiger partial charge in [-0.15, -0.1) is 0 Å². The average molecular weight is 259 g/mol. The van der Waals surface area contributed by atoms with Crippen molar-refractivity contribution in [3.8, 4) is 0 Å². The predicted octanol–water partition coefficient (Wildman–Crippen LogP) is 2.76. The van der Waals surface area contributed by atoms with Crippen LogP contribution in [0.5, 0.6) is 0 Å². The zero-order valence-electron chi connectivity index (χ0n) is 10.3. The molecule has 0 saturated carbocycles. The van der Waals surface area contributed by atoms with Gasteiger partial charge in [-0.05, 0) is 43.7 Å². The van der Waals surface area contributed by atoms with Crippen LogP contribution in [0.3, 0.4) is 0 Å². The number of pyridine rings is 1. The molecule has 2 aliphatic heterocycles. The third-order valence-electron chi connectivity index (χ3n) is 4.24. The van der Waals surface area contributed by atoms with Gasteiger partial charge in [0.1, 0.15) is 10.3 Å². The van der Waals surface area contributed by atoms with Crippen molar-refractivity contribution in [1.29, 1.82) is 0 Å². The summed E-state index contributed by atoms with van der Waals surface area (Å²) in [6.45, 7) is 0. The van der Waals surface area contributed by atoms with E-state index in [4.69, 9.17) is 4.98 Å². The quantitative estimate of drug-likeness (QED) is 0.901. The van der Waals surface area contributed by atoms with Crippen LogP contribution < -0.4 is 5.32 Å². The summed E-state index contributed by atoms with van der Waals surface area (Å²) in [5.41, 5.74) is 1.06. The van der Waals surface area contributed by atoms with Gasteiger partial charge in [0, 0.05) is 24.7 Å². The maximum atomic E-state index is 4.71. The summed E-state index contributed by atoms with van der Waals surface area (Å²) >= 11 is 1.77. The molecule has 2 atom stereocenters. The number of fused-ring (bicyclic) bond motifs is 3. The fourth-order valence-corrected chi connectivity index (χ4v) is 4.51. The Morgan fingerprint density at radius 1 is 1.28 bits per heavy atom. The second-order valence-electron chi connectivity index (χ2n) is 5.61. The van der Waals surface area contributed by atoms with Crippen LogP contribution in [0, 0.1) is 5.92 Å². The molecule has 2 aromatic rings. The Hall–Kier alpha value is -1.00. The zero-order valence-corrected chi connectivity index (χ0v) is 11.1. The van der Waals surface area contributed by atoms with Crippen molar-refractivity contribution in [3.63, 3.8) is 0 Å². The molecule has 2 fully saturated rings. The van der Waals surface area contributed by atoms with E-state index in [1.165, 1.54) is 30.7 Å². The summed E-state index contributed by atoms with van der Waals surface area (Å²) in [5, 5.41) is 4.98. The van der Waals surface area contributed by atoms with Crippen LogP contribution in [0.25, 0.3) is 10.3 Å². The highest BCUT2D eigenvalue weighted by Crippen LogP contribution is 2.34. The molecule has 0 amide bonds. The number of hydrogen-bond acceptors (Lipinski definition) is 4. The van der Waals surface area contributed by atoms with Crippen molar-refractivity contribution >= 4 is 21.7 Å². The number of nitrogens with zero attached hydrogens (tertiary/aromatic N) is 2. The molecule has 4 heterocycles. The smallest absolute Gasteiger partial charge is 0.143 e. The van der Waals surface area contributed by atoms with Crippen molar-refractivity contribution < 1.29 is 0 Å². The van der Waals surface area contributed by atoms with Crippen LogP contribution in [-0.4, -0.2) is 22.1 Å². The van der Waals surface area contributed by atoms with Crippen molar-refractivity contribution in [1.82, 2.24) is 15.3 Å². The molecule has 18 heavy (non-hydrogen) atoms. The van der Waals surface area contributed by atoms with Gasteiger partial charge >= 0.3 is 0 Å². The Morgan fingerprint density at radius 3 is 2.89 bits per heavy atom. The van der Waals surface area contributed by atoms with Crippen molar-refractivity contribution in [2.24, 2.45) is 5.92 Å². The Balaban J connectivity index is 1.54. The second-order valence-corrected chi connectivity index (χ2v) is 6.68. The van der Waals surface area contributed by atoms with Gasteiger partial charge in [-0.1, -0.05) is 11.3 Å². The Kier molecular flexibility index (Phi) is 2.59. The van der Waals surface area contributed by atoms with Crippen LogP contribution in [0.1, 0.15) is 30.7 Å². The van der Waals surface area contributed by atoms with Crippen molar-refractivity contribution in [3.05, 3.63) is 23.3 Å². The molecule has 0 radical (unpaired) electrons. The monoisotopic (exact) mass is 259 g/mol. The van der Waals surface area contributed by atoms with E-state index in [0.29, 0.717) is 0 Å². The second kappa shape index (κ2) is 4.28. The Morgan fingerprint density at radius 2 is 2.11 bits per heavy atom. The third-order valence-corrected chi connectivity index (χ3v) is 5.25. The molecule has 94 valence electrons. The maximum Gasteiger partial charge on any atom is 0.143 e. The van der Waals surface area contributed by atoms with Gasteiger partial charge in [0.2, 0.25) is 0 Å². The van der Waals surface area contributed by atoms with Crippen LogP contribution >= 0.6 is 11.3 Å². The fourth-order valence-electron chi connectivity index (χ4n) is 3.49. The van der Waals surface area contributed by atoms with E-state index in [1.807, 2.05) is 12.3 Å². The molecule has 2 saturated heterocycles.